The van der Waals surface area contributed by atoms with E-state index in [1.165, 1.54) is 6.07 Å². The lowest BCUT2D eigenvalue weighted by atomic mass is 10.1. The first-order chi connectivity index (χ1) is 8.31. The van der Waals surface area contributed by atoms with Crippen LogP contribution in [0.5, 0.6) is 0 Å². The van der Waals surface area contributed by atoms with Crippen molar-refractivity contribution < 1.29 is 9.63 Å². The number of halogens is 1. The van der Waals surface area contributed by atoms with Gasteiger partial charge in [0, 0.05) is 11.3 Å². The van der Waals surface area contributed by atoms with Crippen molar-refractivity contribution in [2.45, 2.75) is 46.1 Å². The Kier molecular flexibility index (Phi) is 5.11. The number of nitrogens with one attached hydrogen (secondary N) is 1. The van der Waals surface area contributed by atoms with Gasteiger partial charge < -0.3 is 0 Å². The quantitative estimate of drug-likeness (QED) is 0.675. The van der Waals surface area contributed by atoms with Gasteiger partial charge in [0.1, 0.15) is 5.15 Å². The summed E-state index contributed by atoms with van der Waals surface area (Å²) in [6, 6.07) is 3.26. The number of hydrogen-bond donors (Lipinski definition) is 1. The minimum atomic E-state index is -0.432. The number of aromatic nitrogens is 1. The summed E-state index contributed by atoms with van der Waals surface area (Å²) in [4.78, 5) is 21.3. The summed E-state index contributed by atoms with van der Waals surface area (Å²) >= 11 is 5.89. The molecule has 1 heterocycles. The Hall–Kier alpha value is -1.13. The van der Waals surface area contributed by atoms with Gasteiger partial charge in [0.2, 0.25) is 0 Å². The van der Waals surface area contributed by atoms with Crippen molar-refractivity contribution in [1.29, 1.82) is 0 Å². The van der Waals surface area contributed by atoms with Crippen LogP contribution < -0.4 is 5.48 Å². The maximum Gasteiger partial charge on any atom is 0.275 e. The van der Waals surface area contributed by atoms with Crippen LogP contribution in [0.1, 0.15) is 50.2 Å². The molecule has 0 bridgehead atoms. The number of carbonyl (C=O) groups excluding carboxylic acids is 1. The molecule has 4 nitrogen and oxygen atoms in total. The third-order valence-corrected chi connectivity index (χ3v) is 2.26. The van der Waals surface area contributed by atoms with E-state index in [2.05, 4.69) is 10.5 Å². The van der Waals surface area contributed by atoms with Crippen molar-refractivity contribution >= 4 is 17.5 Å². The predicted molar refractivity (Wildman–Crippen MR) is 71.5 cm³/mol. The fourth-order valence-corrected chi connectivity index (χ4v) is 1.55. The van der Waals surface area contributed by atoms with E-state index in [4.69, 9.17) is 16.4 Å². The van der Waals surface area contributed by atoms with Gasteiger partial charge in [-0.3, -0.25) is 9.63 Å². The van der Waals surface area contributed by atoms with E-state index < -0.39 is 5.60 Å². The van der Waals surface area contributed by atoms with Crippen molar-refractivity contribution in [2.24, 2.45) is 0 Å². The van der Waals surface area contributed by atoms with Gasteiger partial charge in [-0.2, -0.15) is 0 Å². The molecule has 0 saturated carbocycles. The smallest absolute Gasteiger partial charge is 0.268 e. The van der Waals surface area contributed by atoms with Gasteiger partial charge in [0.25, 0.3) is 5.91 Å². The first-order valence-electron chi connectivity index (χ1n) is 5.96. The normalized spacial score (nSPS) is 11.4. The SMILES string of the molecule is CCCc1cc(C(=O)NOC(C)(C)C)cc(Cl)n1. The number of aryl methyl sites for hydroxylation is 1. The van der Waals surface area contributed by atoms with Crippen molar-refractivity contribution in [3.05, 3.63) is 28.5 Å². The summed E-state index contributed by atoms with van der Waals surface area (Å²) in [6.07, 6.45) is 1.74. The summed E-state index contributed by atoms with van der Waals surface area (Å²) in [5.74, 6) is -0.313. The molecule has 1 amide bonds. The van der Waals surface area contributed by atoms with Gasteiger partial charge in [0.15, 0.2) is 0 Å². The molecule has 0 aliphatic rings. The summed E-state index contributed by atoms with van der Waals surface area (Å²) in [7, 11) is 0. The van der Waals surface area contributed by atoms with Gasteiger partial charge in [-0.15, -0.1) is 0 Å². The highest BCUT2D eigenvalue weighted by atomic mass is 35.5. The average Bonchev–Trinajstić information content (AvgIpc) is 2.24. The molecule has 0 aliphatic carbocycles. The van der Waals surface area contributed by atoms with Crippen LogP contribution in [0.25, 0.3) is 0 Å². The zero-order valence-corrected chi connectivity index (χ0v) is 12.0. The maximum absolute atomic E-state index is 11.9. The van der Waals surface area contributed by atoms with Crippen LogP contribution in [-0.2, 0) is 11.3 Å². The van der Waals surface area contributed by atoms with Gasteiger partial charge in [-0.05, 0) is 39.3 Å². The van der Waals surface area contributed by atoms with E-state index in [1.807, 2.05) is 27.7 Å². The topological polar surface area (TPSA) is 51.2 Å². The van der Waals surface area contributed by atoms with Crippen LogP contribution in [0.2, 0.25) is 5.15 Å². The van der Waals surface area contributed by atoms with Crippen LogP contribution in [-0.4, -0.2) is 16.5 Å². The van der Waals surface area contributed by atoms with Gasteiger partial charge in [-0.25, -0.2) is 10.5 Å². The number of rotatable bonds is 4. The third-order valence-electron chi connectivity index (χ3n) is 2.07. The molecule has 5 heteroatoms. The second-order valence-corrected chi connectivity index (χ2v) is 5.45. The Morgan fingerprint density at radius 1 is 1.44 bits per heavy atom. The summed E-state index contributed by atoms with van der Waals surface area (Å²) in [5.41, 5.74) is 3.25. The lowest BCUT2D eigenvalue weighted by Crippen LogP contribution is -2.33. The number of hydrogen-bond acceptors (Lipinski definition) is 3. The highest BCUT2D eigenvalue weighted by molar-refractivity contribution is 6.29. The fraction of sp³-hybridized carbons (Fsp3) is 0.538. The van der Waals surface area contributed by atoms with Gasteiger partial charge in [0.05, 0.1) is 5.60 Å². The Morgan fingerprint density at radius 2 is 2.11 bits per heavy atom. The van der Waals surface area contributed by atoms with Crippen LogP contribution in [0.3, 0.4) is 0 Å². The molecular weight excluding hydrogens is 252 g/mol. The van der Waals surface area contributed by atoms with E-state index in [-0.39, 0.29) is 5.91 Å². The lowest BCUT2D eigenvalue weighted by Gasteiger charge is -2.19. The number of pyridine rings is 1. The third kappa shape index (κ3) is 5.02. The second-order valence-electron chi connectivity index (χ2n) is 5.07. The predicted octanol–water partition coefficient (Wildman–Crippen LogP) is 3.15. The Balaban J connectivity index is 2.79. The standard InChI is InChI=1S/C13H19ClN2O2/c1-5-6-10-7-9(8-11(14)15-10)12(17)16-18-13(2,3)4/h7-8H,5-6H2,1-4H3,(H,16,17). The summed E-state index contributed by atoms with van der Waals surface area (Å²) in [5, 5.41) is 0.321. The van der Waals surface area contributed by atoms with Crippen LogP contribution in [0, 0.1) is 0 Å². The molecule has 1 N–H and O–H groups in total. The first kappa shape index (κ1) is 14.9. The molecule has 0 saturated heterocycles. The van der Waals surface area contributed by atoms with Crippen molar-refractivity contribution in [3.63, 3.8) is 0 Å². The Labute approximate surface area is 113 Å². The Bertz CT molecular complexity index is 427. The van der Waals surface area contributed by atoms with Crippen molar-refractivity contribution in [3.8, 4) is 0 Å². The molecule has 0 fully saturated rings. The molecule has 1 rings (SSSR count). The zero-order chi connectivity index (χ0) is 13.8. The molecule has 100 valence electrons. The van der Waals surface area contributed by atoms with E-state index in [0.29, 0.717) is 10.7 Å². The molecule has 0 aromatic carbocycles. The van der Waals surface area contributed by atoms with E-state index in [1.54, 1.807) is 6.07 Å². The first-order valence-corrected chi connectivity index (χ1v) is 6.34. The van der Waals surface area contributed by atoms with Crippen LogP contribution in [0.15, 0.2) is 12.1 Å². The van der Waals surface area contributed by atoms with Crippen LogP contribution in [0.4, 0.5) is 0 Å². The lowest BCUT2D eigenvalue weighted by molar-refractivity contribution is -0.0589. The number of carbonyl (C=O) groups is 1. The largest absolute Gasteiger partial charge is 0.275 e. The number of hydroxylamine groups is 1. The molecule has 1 aromatic heterocycles. The minimum Gasteiger partial charge on any atom is -0.268 e. The molecule has 1 aromatic rings. The summed E-state index contributed by atoms with van der Waals surface area (Å²) < 4.78 is 0. The molecule has 0 aliphatic heterocycles. The van der Waals surface area contributed by atoms with E-state index >= 15 is 0 Å². The van der Waals surface area contributed by atoms with E-state index in [0.717, 1.165) is 18.5 Å². The highest BCUT2D eigenvalue weighted by Gasteiger charge is 2.15. The van der Waals surface area contributed by atoms with Crippen LogP contribution >= 0.6 is 11.6 Å². The second kappa shape index (κ2) is 6.16. The van der Waals surface area contributed by atoms with Gasteiger partial charge in [-0.1, -0.05) is 24.9 Å². The van der Waals surface area contributed by atoms with E-state index in [9.17, 15) is 4.79 Å². The number of nitrogens with zero attached hydrogens (tertiary/aromatic N) is 1. The van der Waals surface area contributed by atoms with Crippen molar-refractivity contribution in [2.75, 3.05) is 0 Å². The molecule has 18 heavy (non-hydrogen) atoms. The maximum atomic E-state index is 11.9. The molecule has 0 radical (unpaired) electrons. The van der Waals surface area contributed by atoms with Gasteiger partial charge >= 0.3 is 0 Å². The fourth-order valence-electron chi connectivity index (χ4n) is 1.32. The highest BCUT2D eigenvalue weighted by Crippen LogP contribution is 2.13. The average molecular weight is 271 g/mol. The molecule has 0 unspecified atom stereocenters. The molecule has 0 spiro atoms. The zero-order valence-electron chi connectivity index (χ0n) is 11.2. The molecule has 0 atom stereocenters. The number of amides is 1. The van der Waals surface area contributed by atoms with Crippen molar-refractivity contribution in [1.82, 2.24) is 10.5 Å². The summed E-state index contributed by atoms with van der Waals surface area (Å²) in [6.45, 7) is 7.62. The minimum absolute atomic E-state index is 0.313. The Morgan fingerprint density at radius 3 is 2.67 bits per heavy atom. The monoisotopic (exact) mass is 270 g/mol. The molecular formula is C13H19ClN2O2.